The van der Waals surface area contributed by atoms with E-state index in [1.54, 1.807) is 6.07 Å². The Morgan fingerprint density at radius 3 is 2.95 bits per heavy atom. The number of nitrogens with one attached hydrogen (secondary N) is 1. The van der Waals surface area contributed by atoms with Crippen LogP contribution in [0.15, 0.2) is 18.2 Å². The SMILES string of the molecule is NC(=O)c1cccc(N2CCCC3(CCCNC3)C2)n1. The van der Waals surface area contributed by atoms with Crippen LogP contribution in [-0.2, 0) is 0 Å². The smallest absolute Gasteiger partial charge is 0.267 e. The van der Waals surface area contributed by atoms with Crippen molar-refractivity contribution in [2.75, 3.05) is 31.1 Å². The molecule has 1 aromatic rings. The Balaban J connectivity index is 1.79. The van der Waals surface area contributed by atoms with E-state index in [-0.39, 0.29) is 0 Å². The summed E-state index contributed by atoms with van der Waals surface area (Å²) in [4.78, 5) is 18.0. The van der Waals surface area contributed by atoms with Gasteiger partial charge in [0.1, 0.15) is 11.5 Å². The van der Waals surface area contributed by atoms with Gasteiger partial charge in [-0.3, -0.25) is 4.79 Å². The Hall–Kier alpha value is -1.62. The summed E-state index contributed by atoms with van der Waals surface area (Å²) in [7, 11) is 0. The molecular formula is C15H22N4O. The molecule has 3 N–H and O–H groups in total. The zero-order valence-corrected chi connectivity index (χ0v) is 11.8. The van der Waals surface area contributed by atoms with Crippen molar-refractivity contribution < 1.29 is 4.79 Å². The van der Waals surface area contributed by atoms with Crippen molar-refractivity contribution in [3.63, 3.8) is 0 Å². The second-order valence-electron chi connectivity index (χ2n) is 6.05. The van der Waals surface area contributed by atoms with Gasteiger partial charge in [-0.2, -0.15) is 0 Å². The van der Waals surface area contributed by atoms with Crippen LogP contribution in [0.25, 0.3) is 0 Å². The third-order valence-electron chi connectivity index (χ3n) is 4.53. The summed E-state index contributed by atoms with van der Waals surface area (Å²) in [5.74, 6) is 0.420. The Bertz CT molecular complexity index is 491. The maximum absolute atomic E-state index is 11.3. The van der Waals surface area contributed by atoms with Gasteiger partial charge in [0.25, 0.3) is 5.91 Å². The van der Waals surface area contributed by atoms with E-state index in [0.29, 0.717) is 11.1 Å². The Labute approximate surface area is 119 Å². The molecule has 5 heteroatoms. The second kappa shape index (κ2) is 5.40. The fraction of sp³-hybridized carbons (Fsp3) is 0.600. The quantitative estimate of drug-likeness (QED) is 0.848. The number of primary amides is 1. The van der Waals surface area contributed by atoms with Gasteiger partial charge in [-0.15, -0.1) is 0 Å². The average Bonchev–Trinajstić information content (AvgIpc) is 2.48. The highest BCUT2D eigenvalue weighted by Gasteiger charge is 2.36. The summed E-state index contributed by atoms with van der Waals surface area (Å²) in [5.41, 5.74) is 6.05. The van der Waals surface area contributed by atoms with Crippen molar-refractivity contribution in [1.29, 1.82) is 0 Å². The van der Waals surface area contributed by atoms with Crippen molar-refractivity contribution in [2.24, 2.45) is 11.1 Å². The first-order valence-corrected chi connectivity index (χ1v) is 7.41. The minimum Gasteiger partial charge on any atom is -0.364 e. The molecule has 0 radical (unpaired) electrons. The number of aromatic nitrogens is 1. The largest absolute Gasteiger partial charge is 0.364 e. The van der Waals surface area contributed by atoms with E-state index in [1.165, 1.54) is 25.7 Å². The van der Waals surface area contributed by atoms with Gasteiger partial charge in [-0.05, 0) is 44.4 Å². The number of piperidine rings is 2. The zero-order valence-electron chi connectivity index (χ0n) is 11.8. The van der Waals surface area contributed by atoms with Gasteiger partial charge in [0.05, 0.1) is 0 Å². The second-order valence-corrected chi connectivity index (χ2v) is 6.05. The molecule has 5 nitrogen and oxygen atoms in total. The van der Waals surface area contributed by atoms with Crippen molar-refractivity contribution in [2.45, 2.75) is 25.7 Å². The lowest BCUT2D eigenvalue weighted by Gasteiger charge is -2.45. The molecule has 2 fully saturated rings. The van der Waals surface area contributed by atoms with Crippen LogP contribution in [0.4, 0.5) is 5.82 Å². The Morgan fingerprint density at radius 1 is 1.35 bits per heavy atom. The minimum absolute atomic E-state index is 0.351. The highest BCUT2D eigenvalue weighted by molar-refractivity contribution is 5.91. The van der Waals surface area contributed by atoms with Crippen LogP contribution in [0.2, 0.25) is 0 Å². The molecule has 2 saturated heterocycles. The molecule has 1 unspecified atom stereocenters. The maximum atomic E-state index is 11.3. The lowest BCUT2D eigenvalue weighted by Crippen LogP contribution is -2.51. The van der Waals surface area contributed by atoms with Gasteiger partial charge in [-0.1, -0.05) is 6.07 Å². The van der Waals surface area contributed by atoms with Gasteiger partial charge in [0.15, 0.2) is 0 Å². The summed E-state index contributed by atoms with van der Waals surface area (Å²) in [6, 6.07) is 5.51. The van der Waals surface area contributed by atoms with Gasteiger partial charge in [0.2, 0.25) is 0 Å². The number of hydrogen-bond donors (Lipinski definition) is 2. The van der Waals surface area contributed by atoms with Crippen LogP contribution in [0.5, 0.6) is 0 Å². The summed E-state index contributed by atoms with van der Waals surface area (Å²) in [6.45, 7) is 4.27. The van der Waals surface area contributed by atoms with Crippen LogP contribution >= 0.6 is 0 Å². The molecule has 20 heavy (non-hydrogen) atoms. The van der Waals surface area contributed by atoms with E-state index >= 15 is 0 Å². The molecule has 0 bridgehead atoms. The number of amides is 1. The lowest BCUT2D eigenvalue weighted by atomic mass is 9.74. The molecule has 0 aliphatic carbocycles. The zero-order chi connectivity index (χ0) is 14.0. The Kier molecular flexibility index (Phi) is 3.61. The normalized spacial score (nSPS) is 26.7. The highest BCUT2D eigenvalue weighted by Crippen LogP contribution is 2.37. The van der Waals surface area contributed by atoms with Crippen LogP contribution < -0.4 is 16.0 Å². The third-order valence-corrected chi connectivity index (χ3v) is 4.53. The van der Waals surface area contributed by atoms with Crippen LogP contribution in [0, 0.1) is 5.41 Å². The van der Waals surface area contributed by atoms with Crippen LogP contribution in [-0.4, -0.2) is 37.1 Å². The molecule has 1 atom stereocenters. The summed E-state index contributed by atoms with van der Waals surface area (Å²) in [6.07, 6.45) is 5.00. The molecule has 1 amide bonds. The first kappa shape index (κ1) is 13.4. The van der Waals surface area contributed by atoms with Crippen molar-refractivity contribution >= 4 is 11.7 Å². The number of rotatable bonds is 2. The topological polar surface area (TPSA) is 71.2 Å². The molecule has 3 rings (SSSR count). The third kappa shape index (κ3) is 2.63. The summed E-state index contributed by atoms with van der Waals surface area (Å²) >= 11 is 0. The minimum atomic E-state index is -0.460. The van der Waals surface area contributed by atoms with E-state index in [9.17, 15) is 4.79 Å². The summed E-state index contributed by atoms with van der Waals surface area (Å²) in [5, 5.41) is 3.53. The number of carbonyl (C=O) groups is 1. The van der Waals surface area contributed by atoms with Crippen LogP contribution in [0.1, 0.15) is 36.2 Å². The molecule has 3 heterocycles. The predicted octanol–water partition coefficient (Wildman–Crippen LogP) is 1.15. The molecular weight excluding hydrogens is 252 g/mol. The number of pyridine rings is 1. The Morgan fingerprint density at radius 2 is 2.20 bits per heavy atom. The molecule has 1 aromatic heterocycles. The van der Waals surface area contributed by atoms with Crippen LogP contribution in [0.3, 0.4) is 0 Å². The fourth-order valence-electron chi connectivity index (χ4n) is 3.52. The van der Waals surface area contributed by atoms with Crippen molar-refractivity contribution in [3.8, 4) is 0 Å². The molecule has 0 saturated carbocycles. The molecule has 2 aliphatic rings. The van der Waals surface area contributed by atoms with Gasteiger partial charge < -0.3 is 16.0 Å². The standard InChI is InChI=1S/C15H22N4O/c16-14(20)12-4-1-5-13(18-12)19-9-3-7-15(11-19)6-2-8-17-10-15/h1,4-5,17H,2-3,6-11H2,(H2,16,20). The van der Waals surface area contributed by atoms with Crippen molar-refractivity contribution in [1.82, 2.24) is 10.3 Å². The molecule has 108 valence electrons. The summed E-state index contributed by atoms with van der Waals surface area (Å²) < 4.78 is 0. The number of nitrogens with two attached hydrogens (primary N) is 1. The average molecular weight is 274 g/mol. The molecule has 0 aromatic carbocycles. The first-order valence-electron chi connectivity index (χ1n) is 7.41. The number of anilines is 1. The number of nitrogens with zero attached hydrogens (tertiary/aromatic N) is 2. The van der Waals surface area contributed by atoms with E-state index in [4.69, 9.17) is 5.73 Å². The molecule has 2 aliphatic heterocycles. The predicted molar refractivity (Wildman–Crippen MR) is 78.7 cm³/mol. The molecule has 1 spiro atoms. The van der Waals surface area contributed by atoms with Gasteiger partial charge >= 0.3 is 0 Å². The maximum Gasteiger partial charge on any atom is 0.267 e. The monoisotopic (exact) mass is 274 g/mol. The van der Waals surface area contributed by atoms with Gasteiger partial charge in [0, 0.05) is 25.0 Å². The lowest BCUT2D eigenvalue weighted by molar-refractivity contribution is 0.0995. The first-order chi connectivity index (χ1) is 9.69. The van der Waals surface area contributed by atoms with E-state index in [2.05, 4.69) is 15.2 Å². The van der Waals surface area contributed by atoms with E-state index in [1.807, 2.05) is 12.1 Å². The fourth-order valence-corrected chi connectivity index (χ4v) is 3.52. The van der Waals surface area contributed by atoms with Crippen molar-refractivity contribution in [3.05, 3.63) is 23.9 Å². The van der Waals surface area contributed by atoms with Gasteiger partial charge in [-0.25, -0.2) is 4.98 Å². The number of carbonyl (C=O) groups excluding carboxylic acids is 1. The number of hydrogen-bond acceptors (Lipinski definition) is 4. The van der Waals surface area contributed by atoms with E-state index < -0.39 is 5.91 Å². The highest BCUT2D eigenvalue weighted by atomic mass is 16.1. The van der Waals surface area contributed by atoms with E-state index in [0.717, 1.165) is 32.0 Å².